The zero-order chi connectivity index (χ0) is 15.6. The van der Waals surface area contributed by atoms with E-state index < -0.39 is 10.7 Å². The van der Waals surface area contributed by atoms with Gasteiger partial charge in [-0.1, -0.05) is 12.1 Å². The normalized spacial score (nSPS) is 12.0. The first-order valence-electron chi connectivity index (χ1n) is 6.35. The highest BCUT2D eigenvalue weighted by molar-refractivity contribution is 5.62. The Labute approximate surface area is 120 Å². The summed E-state index contributed by atoms with van der Waals surface area (Å²) in [7, 11) is 0. The SMILES string of the molecule is Cc1ccc(C(C)Nc2ccc(F)cc2[N+](=O)[O-])cc1F. The number of aryl methyl sites for hydroxylation is 1. The fourth-order valence-corrected chi connectivity index (χ4v) is 1.97. The molecule has 0 radical (unpaired) electrons. The minimum Gasteiger partial charge on any atom is -0.373 e. The van der Waals surface area contributed by atoms with E-state index in [-0.39, 0.29) is 23.2 Å². The van der Waals surface area contributed by atoms with Gasteiger partial charge in [-0.15, -0.1) is 0 Å². The Morgan fingerprint density at radius 3 is 2.52 bits per heavy atom. The molecule has 0 saturated heterocycles. The number of nitrogens with one attached hydrogen (secondary N) is 1. The van der Waals surface area contributed by atoms with E-state index in [1.54, 1.807) is 26.0 Å². The second-order valence-corrected chi connectivity index (χ2v) is 4.79. The van der Waals surface area contributed by atoms with Crippen LogP contribution in [0.15, 0.2) is 36.4 Å². The van der Waals surface area contributed by atoms with Gasteiger partial charge in [0, 0.05) is 6.04 Å². The van der Waals surface area contributed by atoms with Gasteiger partial charge >= 0.3 is 0 Å². The van der Waals surface area contributed by atoms with E-state index in [9.17, 15) is 18.9 Å². The maximum Gasteiger partial charge on any atom is 0.295 e. The minimum atomic E-state index is -0.679. The standard InChI is InChI=1S/C15H14F2N2O2/c1-9-3-4-11(7-13(9)17)10(2)18-14-6-5-12(16)8-15(14)19(20)21/h3-8,10,18H,1-2H3. The lowest BCUT2D eigenvalue weighted by Gasteiger charge is -2.16. The number of nitrogens with zero attached hydrogens (tertiary/aromatic N) is 1. The summed E-state index contributed by atoms with van der Waals surface area (Å²) < 4.78 is 26.6. The molecule has 0 saturated carbocycles. The number of nitro groups is 1. The van der Waals surface area contributed by atoms with Crippen molar-refractivity contribution in [1.82, 2.24) is 0 Å². The van der Waals surface area contributed by atoms with Crippen LogP contribution in [0.25, 0.3) is 0 Å². The van der Waals surface area contributed by atoms with Crippen LogP contribution in [0.4, 0.5) is 20.2 Å². The summed E-state index contributed by atoms with van der Waals surface area (Å²) in [5, 5.41) is 13.8. The van der Waals surface area contributed by atoms with Crippen molar-refractivity contribution in [3.63, 3.8) is 0 Å². The first kappa shape index (κ1) is 14.9. The Morgan fingerprint density at radius 2 is 1.90 bits per heavy atom. The number of halogens is 2. The third-order valence-corrected chi connectivity index (χ3v) is 3.22. The Kier molecular flexibility index (Phi) is 4.16. The highest BCUT2D eigenvalue weighted by atomic mass is 19.1. The van der Waals surface area contributed by atoms with Crippen molar-refractivity contribution in [2.24, 2.45) is 0 Å². The fourth-order valence-electron chi connectivity index (χ4n) is 1.97. The van der Waals surface area contributed by atoms with Crippen molar-refractivity contribution in [2.45, 2.75) is 19.9 Å². The van der Waals surface area contributed by atoms with E-state index in [0.29, 0.717) is 11.1 Å². The lowest BCUT2D eigenvalue weighted by atomic mass is 10.1. The highest BCUT2D eigenvalue weighted by Gasteiger charge is 2.17. The summed E-state index contributed by atoms with van der Waals surface area (Å²) in [5.41, 5.74) is 1.01. The zero-order valence-corrected chi connectivity index (χ0v) is 11.6. The van der Waals surface area contributed by atoms with Gasteiger partial charge in [0.25, 0.3) is 5.69 Å². The van der Waals surface area contributed by atoms with Gasteiger partial charge < -0.3 is 5.32 Å². The molecule has 110 valence electrons. The average molecular weight is 292 g/mol. The molecule has 2 rings (SSSR count). The number of hydrogen-bond acceptors (Lipinski definition) is 3. The van der Waals surface area contributed by atoms with Gasteiger partial charge in [-0.25, -0.2) is 8.78 Å². The monoisotopic (exact) mass is 292 g/mol. The van der Waals surface area contributed by atoms with Gasteiger partial charge in [-0.05, 0) is 43.2 Å². The lowest BCUT2D eigenvalue weighted by Crippen LogP contribution is -2.09. The zero-order valence-electron chi connectivity index (χ0n) is 11.6. The van der Waals surface area contributed by atoms with Gasteiger partial charge in [-0.2, -0.15) is 0 Å². The maximum atomic E-state index is 13.6. The van der Waals surface area contributed by atoms with Crippen LogP contribution < -0.4 is 5.32 Å². The Morgan fingerprint density at radius 1 is 1.19 bits per heavy atom. The van der Waals surface area contributed by atoms with Crippen LogP contribution >= 0.6 is 0 Å². The summed E-state index contributed by atoms with van der Waals surface area (Å²) in [4.78, 5) is 10.3. The molecule has 0 heterocycles. The van der Waals surface area contributed by atoms with E-state index in [2.05, 4.69) is 5.32 Å². The van der Waals surface area contributed by atoms with Crippen molar-refractivity contribution >= 4 is 11.4 Å². The quantitative estimate of drug-likeness (QED) is 0.673. The Bertz CT molecular complexity index is 689. The van der Waals surface area contributed by atoms with Gasteiger partial charge in [0.1, 0.15) is 17.3 Å². The summed E-state index contributed by atoms with van der Waals surface area (Å²) in [6, 6.07) is 7.69. The second-order valence-electron chi connectivity index (χ2n) is 4.79. The predicted octanol–water partition coefficient (Wildman–Crippen LogP) is 4.35. The van der Waals surface area contributed by atoms with Gasteiger partial charge in [0.05, 0.1) is 11.0 Å². The molecule has 1 N–H and O–H groups in total. The van der Waals surface area contributed by atoms with Crippen LogP contribution in [0.3, 0.4) is 0 Å². The lowest BCUT2D eigenvalue weighted by molar-refractivity contribution is -0.384. The van der Waals surface area contributed by atoms with Crippen LogP contribution in [0.1, 0.15) is 24.1 Å². The molecule has 0 aliphatic carbocycles. The number of benzene rings is 2. The first-order valence-corrected chi connectivity index (χ1v) is 6.35. The molecule has 0 amide bonds. The number of rotatable bonds is 4. The third kappa shape index (κ3) is 3.34. The molecule has 0 aliphatic heterocycles. The van der Waals surface area contributed by atoms with Crippen molar-refractivity contribution in [3.8, 4) is 0 Å². The van der Waals surface area contributed by atoms with Gasteiger partial charge in [-0.3, -0.25) is 10.1 Å². The molecule has 1 unspecified atom stereocenters. The molecule has 21 heavy (non-hydrogen) atoms. The summed E-state index contributed by atoms with van der Waals surface area (Å²) >= 11 is 0. The Balaban J connectivity index is 2.29. The number of anilines is 1. The topological polar surface area (TPSA) is 55.2 Å². The largest absolute Gasteiger partial charge is 0.373 e. The smallest absolute Gasteiger partial charge is 0.295 e. The molecular weight excluding hydrogens is 278 g/mol. The van der Waals surface area contributed by atoms with Crippen molar-refractivity contribution < 1.29 is 13.7 Å². The van der Waals surface area contributed by atoms with Crippen LogP contribution in [0, 0.1) is 28.7 Å². The minimum absolute atomic E-state index is 0.190. The van der Waals surface area contributed by atoms with Crippen molar-refractivity contribution in [2.75, 3.05) is 5.32 Å². The molecule has 0 bridgehead atoms. The molecule has 6 heteroatoms. The molecular formula is C15H14F2N2O2. The van der Waals surface area contributed by atoms with Crippen LogP contribution in [0.5, 0.6) is 0 Å². The molecule has 1 atom stereocenters. The molecule has 4 nitrogen and oxygen atoms in total. The molecule has 0 fully saturated rings. The van der Waals surface area contributed by atoms with E-state index in [0.717, 1.165) is 12.1 Å². The van der Waals surface area contributed by atoms with E-state index in [1.165, 1.54) is 12.1 Å². The fraction of sp³-hybridized carbons (Fsp3) is 0.200. The molecule has 0 spiro atoms. The van der Waals surface area contributed by atoms with E-state index in [4.69, 9.17) is 0 Å². The summed E-state index contributed by atoms with van der Waals surface area (Å²) in [6.45, 7) is 3.40. The summed E-state index contributed by atoms with van der Waals surface area (Å²) in [5.74, 6) is -1.02. The molecule has 2 aromatic carbocycles. The van der Waals surface area contributed by atoms with Crippen LogP contribution in [-0.4, -0.2) is 4.92 Å². The second kappa shape index (κ2) is 5.87. The first-order chi connectivity index (χ1) is 9.88. The van der Waals surface area contributed by atoms with E-state index >= 15 is 0 Å². The number of hydrogen-bond donors (Lipinski definition) is 1. The van der Waals surface area contributed by atoms with Crippen LogP contribution in [0.2, 0.25) is 0 Å². The number of nitro benzene ring substituents is 1. The third-order valence-electron chi connectivity index (χ3n) is 3.22. The summed E-state index contributed by atoms with van der Waals surface area (Å²) in [6.07, 6.45) is 0. The average Bonchev–Trinajstić information content (AvgIpc) is 2.43. The highest BCUT2D eigenvalue weighted by Crippen LogP contribution is 2.29. The van der Waals surface area contributed by atoms with Crippen molar-refractivity contribution in [1.29, 1.82) is 0 Å². The predicted molar refractivity (Wildman–Crippen MR) is 76.2 cm³/mol. The molecule has 0 aromatic heterocycles. The van der Waals surface area contributed by atoms with Crippen molar-refractivity contribution in [3.05, 3.63) is 69.3 Å². The molecule has 2 aromatic rings. The van der Waals surface area contributed by atoms with Gasteiger partial charge in [0.2, 0.25) is 0 Å². The Hall–Kier alpha value is -2.50. The maximum absolute atomic E-state index is 13.6. The van der Waals surface area contributed by atoms with Crippen LogP contribution in [-0.2, 0) is 0 Å². The van der Waals surface area contributed by atoms with Gasteiger partial charge in [0.15, 0.2) is 0 Å². The molecule has 0 aliphatic rings. The van der Waals surface area contributed by atoms with E-state index in [1.807, 2.05) is 0 Å².